The first-order valence-electron chi connectivity index (χ1n) is 8.53. The Morgan fingerprint density at radius 1 is 1.12 bits per heavy atom. The first-order chi connectivity index (χ1) is 11.5. The normalized spacial score (nSPS) is 15.8. The van der Waals surface area contributed by atoms with Gasteiger partial charge >= 0.3 is 0 Å². The summed E-state index contributed by atoms with van der Waals surface area (Å²) in [5.74, 6) is 0.307. The molecule has 5 heteroatoms. The maximum atomic E-state index is 12.7. The average molecular weight is 327 g/mol. The van der Waals surface area contributed by atoms with E-state index in [0.717, 1.165) is 24.2 Å². The van der Waals surface area contributed by atoms with Crippen molar-refractivity contribution in [1.29, 1.82) is 0 Å². The van der Waals surface area contributed by atoms with E-state index >= 15 is 0 Å². The van der Waals surface area contributed by atoms with Crippen LogP contribution in [-0.4, -0.2) is 45.4 Å². The molecule has 0 bridgehead atoms. The molecule has 0 aliphatic carbocycles. The van der Waals surface area contributed by atoms with Crippen molar-refractivity contribution in [3.8, 4) is 5.69 Å². The predicted octanol–water partition coefficient (Wildman–Crippen LogP) is 2.64. The Kier molecular flexibility index (Phi) is 4.71. The van der Waals surface area contributed by atoms with Gasteiger partial charge in [-0.2, -0.15) is 5.10 Å². The van der Waals surface area contributed by atoms with E-state index in [1.807, 2.05) is 22.6 Å². The van der Waals surface area contributed by atoms with E-state index in [-0.39, 0.29) is 12.5 Å². The number of carbonyl (C=O) groups is 1. The summed E-state index contributed by atoms with van der Waals surface area (Å²) < 4.78 is 1.84. The van der Waals surface area contributed by atoms with Crippen molar-refractivity contribution in [2.75, 3.05) is 19.7 Å². The van der Waals surface area contributed by atoms with Gasteiger partial charge < -0.3 is 10.0 Å². The molecule has 3 rings (SSSR count). The van der Waals surface area contributed by atoms with E-state index in [2.05, 4.69) is 37.1 Å². The van der Waals surface area contributed by atoms with Crippen LogP contribution in [0, 0.1) is 26.7 Å². The van der Waals surface area contributed by atoms with Gasteiger partial charge in [0.25, 0.3) is 5.91 Å². The molecule has 0 saturated carbocycles. The molecule has 128 valence electrons. The molecule has 5 nitrogen and oxygen atoms in total. The van der Waals surface area contributed by atoms with Gasteiger partial charge in [-0.15, -0.1) is 0 Å². The van der Waals surface area contributed by atoms with Gasteiger partial charge in [0, 0.05) is 25.4 Å². The highest BCUT2D eigenvalue weighted by atomic mass is 16.3. The molecule has 1 aromatic carbocycles. The highest BCUT2D eigenvalue weighted by Gasteiger charge is 2.25. The molecule has 0 unspecified atom stereocenters. The van der Waals surface area contributed by atoms with Gasteiger partial charge in [-0.05, 0) is 68.9 Å². The number of amides is 1. The molecule has 1 aromatic heterocycles. The summed E-state index contributed by atoms with van der Waals surface area (Å²) in [6.07, 6.45) is 1.72. The number of hydrogen-bond acceptors (Lipinski definition) is 3. The van der Waals surface area contributed by atoms with E-state index in [1.54, 1.807) is 0 Å². The van der Waals surface area contributed by atoms with Gasteiger partial charge in [-0.1, -0.05) is 6.07 Å². The highest BCUT2D eigenvalue weighted by Crippen LogP contribution is 2.20. The van der Waals surface area contributed by atoms with Crippen LogP contribution in [0.4, 0.5) is 0 Å². The first kappa shape index (κ1) is 16.7. The molecule has 0 spiro atoms. The Morgan fingerprint density at radius 2 is 1.75 bits per heavy atom. The number of piperidine rings is 1. The Hall–Kier alpha value is -2.14. The number of aliphatic hydroxyl groups excluding tert-OH is 1. The highest BCUT2D eigenvalue weighted by molar-refractivity contribution is 5.92. The fourth-order valence-electron chi connectivity index (χ4n) is 3.39. The summed E-state index contributed by atoms with van der Waals surface area (Å²) in [5.41, 5.74) is 4.79. The molecular formula is C19H25N3O2. The predicted molar refractivity (Wildman–Crippen MR) is 93.5 cm³/mol. The second kappa shape index (κ2) is 6.77. The number of benzene rings is 1. The van der Waals surface area contributed by atoms with Gasteiger partial charge in [0.05, 0.1) is 5.69 Å². The summed E-state index contributed by atoms with van der Waals surface area (Å²) in [5, 5.41) is 13.8. The first-order valence-corrected chi connectivity index (χ1v) is 8.53. The largest absolute Gasteiger partial charge is 0.396 e. The van der Waals surface area contributed by atoms with Gasteiger partial charge in [0.2, 0.25) is 0 Å². The standard InChI is InChI=1S/C19H25N3O2/c1-13-8-14(2)10-17(9-13)22-15(3)11-18(20-22)19(24)21-6-4-16(12-23)5-7-21/h8-11,16,23H,4-7,12H2,1-3H3. The second-order valence-electron chi connectivity index (χ2n) is 6.85. The minimum Gasteiger partial charge on any atom is -0.396 e. The van der Waals surface area contributed by atoms with Crippen molar-refractivity contribution in [3.63, 3.8) is 0 Å². The number of rotatable bonds is 3. The number of aliphatic hydroxyl groups is 1. The Bertz CT molecular complexity index is 723. The molecule has 1 N–H and O–H groups in total. The van der Waals surface area contributed by atoms with Crippen LogP contribution < -0.4 is 0 Å². The second-order valence-corrected chi connectivity index (χ2v) is 6.85. The van der Waals surface area contributed by atoms with Crippen molar-refractivity contribution in [2.24, 2.45) is 5.92 Å². The summed E-state index contributed by atoms with van der Waals surface area (Å²) in [6.45, 7) is 7.69. The smallest absolute Gasteiger partial charge is 0.274 e. The van der Waals surface area contributed by atoms with Crippen LogP contribution in [0.1, 0.15) is 40.2 Å². The van der Waals surface area contributed by atoms with Crippen LogP contribution in [0.25, 0.3) is 5.69 Å². The summed E-state index contributed by atoms with van der Waals surface area (Å²) in [6, 6.07) is 8.14. The fourth-order valence-corrected chi connectivity index (χ4v) is 3.39. The quantitative estimate of drug-likeness (QED) is 0.943. The van der Waals surface area contributed by atoms with Crippen molar-refractivity contribution < 1.29 is 9.90 Å². The molecule has 0 radical (unpaired) electrons. The van der Waals surface area contributed by atoms with E-state index < -0.39 is 0 Å². The summed E-state index contributed by atoms with van der Waals surface area (Å²) in [7, 11) is 0. The SMILES string of the molecule is Cc1cc(C)cc(-n2nc(C(=O)N3CCC(CO)CC3)cc2C)c1. The minimum absolute atomic E-state index is 0.0161. The van der Waals surface area contributed by atoms with Crippen molar-refractivity contribution in [3.05, 3.63) is 46.8 Å². The lowest BCUT2D eigenvalue weighted by Gasteiger charge is -2.30. The Morgan fingerprint density at radius 3 is 2.33 bits per heavy atom. The zero-order valence-corrected chi connectivity index (χ0v) is 14.6. The minimum atomic E-state index is -0.0161. The number of nitrogens with zero attached hydrogens (tertiary/aromatic N) is 3. The molecule has 24 heavy (non-hydrogen) atoms. The van der Waals surface area contributed by atoms with E-state index in [9.17, 15) is 9.90 Å². The van der Waals surface area contributed by atoms with Crippen LogP contribution in [0.5, 0.6) is 0 Å². The maximum Gasteiger partial charge on any atom is 0.274 e. The monoisotopic (exact) mass is 327 g/mol. The molecule has 2 heterocycles. The summed E-state index contributed by atoms with van der Waals surface area (Å²) >= 11 is 0. The topological polar surface area (TPSA) is 58.4 Å². The van der Waals surface area contributed by atoms with E-state index in [0.29, 0.717) is 24.7 Å². The van der Waals surface area contributed by atoms with Crippen LogP contribution >= 0.6 is 0 Å². The van der Waals surface area contributed by atoms with Gasteiger partial charge in [0.1, 0.15) is 0 Å². The fraction of sp³-hybridized carbons (Fsp3) is 0.474. The third kappa shape index (κ3) is 3.36. The molecule has 1 aliphatic heterocycles. The van der Waals surface area contributed by atoms with E-state index in [1.165, 1.54) is 11.1 Å². The molecule has 0 atom stereocenters. The molecule has 1 amide bonds. The molecule has 1 fully saturated rings. The van der Waals surface area contributed by atoms with E-state index in [4.69, 9.17) is 0 Å². The van der Waals surface area contributed by atoms with Crippen LogP contribution in [0.3, 0.4) is 0 Å². The number of carbonyl (C=O) groups excluding carboxylic acids is 1. The molecule has 1 aliphatic rings. The molecule has 2 aromatic rings. The van der Waals surface area contributed by atoms with Crippen LogP contribution in [-0.2, 0) is 0 Å². The Labute approximate surface area is 142 Å². The van der Waals surface area contributed by atoms with Crippen molar-refractivity contribution in [2.45, 2.75) is 33.6 Å². The van der Waals surface area contributed by atoms with Crippen molar-refractivity contribution in [1.82, 2.24) is 14.7 Å². The zero-order chi connectivity index (χ0) is 17.3. The zero-order valence-electron chi connectivity index (χ0n) is 14.6. The lowest BCUT2D eigenvalue weighted by molar-refractivity contribution is 0.0644. The maximum absolute atomic E-state index is 12.7. The van der Waals surface area contributed by atoms with Crippen LogP contribution in [0.2, 0.25) is 0 Å². The van der Waals surface area contributed by atoms with Gasteiger partial charge in [-0.3, -0.25) is 4.79 Å². The molecular weight excluding hydrogens is 302 g/mol. The lowest BCUT2D eigenvalue weighted by atomic mass is 9.98. The van der Waals surface area contributed by atoms with Crippen LogP contribution in [0.15, 0.2) is 24.3 Å². The average Bonchev–Trinajstić information content (AvgIpc) is 2.95. The van der Waals surface area contributed by atoms with Crippen molar-refractivity contribution >= 4 is 5.91 Å². The molecule has 1 saturated heterocycles. The van der Waals surface area contributed by atoms with Gasteiger partial charge in [0.15, 0.2) is 5.69 Å². The number of aryl methyl sites for hydroxylation is 3. The number of aromatic nitrogens is 2. The van der Waals surface area contributed by atoms with Gasteiger partial charge in [-0.25, -0.2) is 4.68 Å². The summed E-state index contributed by atoms with van der Waals surface area (Å²) in [4.78, 5) is 14.6. The lowest BCUT2D eigenvalue weighted by Crippen LogP contribution is -2.39. The number of hydrogen-bond donors (Lipinski definition) is 1. The number of likely N-dealkylation sites (tertiary alicyclic amines) is 1. The third-order valence-electron chi connectivity index (χ3n) is 4.72. The third-order valence-corrected chi connectivity index (χ3v) is 4.72. The Balaban J connectivity index is 1.82.